The first kappa shape index (κ1) is 30.9. The first-order chi connectivity index (χ1) is 3.46. The van der Waals surface area contributed by atoms with Gasteiger partial charge in [-0.1, -0.05) is 0 Å². The van der Waals surface area contributed by atoms with Crippen LogP contribution in [0.15, 0.2) is 0 Å². The van der Waals surface area contributed by atoms with Crippen molar-refractivity contribution < 1.29 is 39.7 Å². The summed E-state index contributed by atoms with van der Waals surface area (Å²) in [6, 6.07) is 0. The number of hydrogen-bond acceptors (Lipinski definition) is 5. The molecule has 3 N–H and O–H groups in total. The summed E-state index contributed by atoms with van der Waals surface area (Å²) in [6.07, 6.45) is 0. The van der Waals surface area contributed by atoms with Crippen molar-refractivity contribution in [2.24, 2.45) is 0 Å². The van der Waals surface area contributed by atoms with Crippen molar-refractivity contribution in [3.63, 3.8) is 0 Å². The van der Waals surface area contributed by atoms with Gasteiger partial charge in [0.05, 0.1) is 5.09 Å². The van der Waals surface area contributed by atoms with E-state index in [0.29, 0.717) is 0 Å². The van der Waals surface area contributed by atoms with Crippen molar-refractivity contribution >= 4 is 23.1 Å². The summed E-state index contributed by atoms with van der Waals surface area (Å²) in [6.45, 7) is 0. The monoisotopic (exact) mass is 176 g/mol. The third-order valence-electron chi connectivity index (χ3n) is 0. The van der Waals surface area contributed by atoms with Crippen LogP contribution in [-0.4, -0.2) is 43.9 Å². The zero-order valence-corrected chi connectivity index (χ0v) is 4.88. The SMILES string of the molecule is O.O=[N+]([O-])O.O=[N+]([O-])[O-].[Li+].[MgH2]. The fourth-order valence-electron chi connectivity index (χ4n) is 0. The van der Waals surface area contributed by atoms with Crippen LogP contribution in [0.4, 0.5) is 0 Å². The molecule has 0 bridgehead atoms. The van der Waals surface area contributed by atoms with Crippen LogP contribution in [0, 0.1) is 25.4 Å². The van der Waals surface area contributed by atoms with E-state index in [2.05, 4.69) is 0 Å². The van der Waals surface area contributed by atoms with E-state index in [0.717, 1.165) is 0 Å². The second-order valence-corrected chi connectivity index (χ2v) is 0.461. The van der Waals surface area contributed by atoms with Gasteiger partial charge in [-0.3, -0.25) is 0 Å². The van der Waals surface area contributed by atoms with Crippen LogP contribution >= 0.6 is 0 Å². The molecule has 0 aliphatic rings. The third-order valence-corrected chi connectivity index (χ3v) is 0. The number of rotatable bonds is 0. The second-order valence-electron chi connectivity index (χ2n) is 0.461. The Morgan fingerprint density at radius 3 is 1.09 bits per heavy atom. The molecule has 0 aliphatic heterocycles. The molecule has 0 saturated heterocycles. The first-order valence-corrected chi connectivity index (χ1v) is 1.11. The van der Waals surface area contributed by atoms with Crippen LogP contribution in [0.2, 0.25) is 0 Å². The van der Waals surface area contributed by atoms with Gasteiger partial charge in [0.1, 0.15) is 0 Å². The number of nitrogens with zero attached hydrogens (tertiary/aromatic N) is 2. The molecule has 0 unspecified atom stereocenters. The van der Waals surface area contributed by atoms with E-state index in [-0.39, 0.29) is 47.4 Å². The zero-order chi connectivity index (χ0) is 7.15. The Morgan fingerprint density at radius 2 is 1.09 bits per heavy atom. The Labute approximate surface area is 88.2 Å². The van der Waals surface area contributed by atoms with E-state index < -0.39 is 10.2 Å². The summed E-state index contributed by atoms with van der Waals surface area (Å²) in [5.41, 5.74) is 0. The topological polar surface area (TPSA) is 161 Å². The minimum absolute atomic E-state index is 0. The summed E-state index contributed by atoms with van der Waals surface area (Å²) in [4.78, 5) is 16.6. The Bertz CT molecular complexity index is 74.4. The van der Waals surface area contributed by atoms with E-state index in [1.54, 1.807) is 0 Å². The average Bonchev–Trinajstić information content (AvgIpc) is 1.25. The summed E-state index contributed by atoms with van der Waals surface area (Å²) in [5, 5.41) is 28.4. The molecular weight excluding hydrogens is 171 g/mol. The Balaban J connectivity index is -0.0000000171. The van der Waals surface area contributed by atoms with Gasteiger partial charge in [0.2, 0.25) is 0 Å². The molecule has 0 fully saturated rings. The fraction of sp³-hybridized carbons (Fsp3) is 0. The maximum atomic E-state index is 8.36. The Kier molecular flexibility index (Phi) is 63.6. The van der Waals surface area contributed by atoms with Crippen molar-refractivity contribution in [2.75, 3.05) is 0 Å². The molecule has 11 heteroatoms. The molecule has 0 rings (SSSR count). The van der Waals surface area contributed by atoms with Gasteiger partial charge in [0.15, 0.2) is 0 Å². The normalized spacial score (nSPS) is 4.36. The minimum Gasteiger partial charge on any atom is -0.412 e. The van der Waals surface area contributed by atoms with Gasteiger partial charge in [0.25, 0.3) is 5.09 Å². The van der Waals surface area contributed by atoms with Crippen LogP contribution in [0.25, 0.3) is 0 Å². The van der Waals surface area contributed by atoms with Gasteiger partial charge in [-0.05, 0) is 0 Å². The molecule has 0 amide bonds. The molecule has 0 spiro atoms. The van der Waals surface area contributed by atoms with Crippen molar-refractivity contribution in [1.82, 2.24) is 0 Å². The molecule has 0 aromatic rings. The molecule has 0 atom stereocenters. The maximum absolute atomic E-state index is 8.36. The van der Waals surface area contributed by atoms with Crippen molar-refractivity contribution in [1.29, 1.82) is 0 Å². The third kappa shape index (κ3) is 7590. The van der Waals surface area contributed by atoms with Crippen molar-refractivity contribution in [2.45, 2.75) is 0 Å². The first-order valence-electron chi connectivity index (χ1n) is 1.11. The smallest absolute Gasteiger partial charge is 0.412 e. The van der Waals surface area contributed by atoms with Crippen molar-refractivity contribution in [3.8, 4) is 0 Å². The van der Waals surface area contributed by atoms with Crippen LogP contribution in [0.1, 0.15) is 0 Å². The predicted octanol–water partition coefficient (Wildman–Crippen LogP) is -5.32. The fourth-order valence-corrected chi connectivity index (χ4v) is 0. The molecule has 0 aliphatic carbocycles. The van der Waals surface area contributed by atoms with Gasteiger partial charge in [-0.15, -0.1) is 10.1 Å². The predicted molar refractivity (Wildman–Crippen MR) is 31.3 cm³/mol. The Hall–Kier alpha value is -0.276. The molecule has 0 radical (unpaired) electrons. The van der Waals surface area contributed by atoms with E-state index in [1.165, 1.54) is 0 Å². The van der Waals surface area contributed by atoms with Gasteiger partial charge < -0.3 is 26.0 Å². The van der Waals surface area contributed by atoms with E-state index in [9.17, 15) is 0 Å². The number of hydrogen-bond donors (Lipinski definition) is 1. The molecule has 0 heterocycles. The maximum Gasteiger partial charge on any atom is 1.00 e. The zero-order valence-electron chi connectivity index (χ0n) is 4.88. The second kappa shape index (κ2) is 22.6. The quantitative estimate of drug-likeness (QED) is 0.220. The van der Waals surface area contributed by atoms with E-state index >= 15 is 0 Å². The molecular formula is H5LiMgN2O7. The summed E-state index contributed by atoms with van der Waals surface area (Å²) < 4.78 is 0. The van der Waals surface area contributed by atoms with Crippen LogP contribution < -0.4 is 18.9 Å². The van der Waals surface area contributed by atoms with Crippen LogP contribution in [0.3, 0.4) is 0 Å². The van der Waals surface area contributed by atoms with Gasteiger partial charge in [-0.25, -0.2) is 0 Å². The largest absolute Gasteiger partial charge is 1.00 e. The molecule has 0 saturated carbocycles. The van der Waals surface area contributed by atoms with Gasteiger partial charge in [0, 0.05) is 0 Å². The molecule has 9 nitrogen and oxygen atoms in total. The Morgan fingerprint density at radius 1 is 1.09 bits per heavy atom. The molecule has 0 aromatic heterocycles. The molecule has 11 heavy (non-hydrogen) atoms. The van der Waals surface area contributed by atoms with Crippen LogP contribution in [-0.2, 0) is 0 Å². The summed E-state index contributed by atoms with van der Waals surface area (Å²) >= 11 is 0. The summed E-state index contributed by atoms with van der Waals surface area (Å²) in [5.74, 6) is 0. The van der Waals surface area contributed by atoms with Crippen molar-refractivity contribution in [3.05, 3.63) is 25.4 Å². The van der Waals surface area contributed by atoms with Crippen LogP contribution in [0.5, 0.6) is 0 Å². The summed E-state index contributed by atoms with van der Waals surface area (Å²) in [7, 11) is 0. The minimum atomic E-state index is -1.75. The average molecular weight is 176 g/mol. The molecule has 60 valence electrons. The van der Waals surface area contributed by atoms with E-state index in [4.69, 9.17) is 30.6 Å². The van der Waals surface area contributed by atoms with Gasteiger partial charge in [-0.2, -0.15) is 0 Å². The standard InChI is InChI=1S/Li.Mg.HNO3.NO3.H2O.2H/c;;2*2-1(3)4;;;/h;;(H,2,3,4);;1H2;;/q+1;;;-1;;;. The van der Waals surface area contributed by atoms with Gasteiger partial charge >= 0.3 is 41.9 Å². The molecule has 0 aromatic carbocycles. The van der Waals surface area contributed by atoms with E-state index in [1.807, 2.05) is 0 Å².